The van der Waals surface area contributed by atoms with Crippen molar-refractivity contribution in [3.8, 4) is 6.07 Å². The van der Waals surface area contributed by atoms with E-state index in [4.69, 9.17) is 5.26 Å². The van der Waals surface area contributed by atoms with Crippen molar-refractivity contribution in [1.29, 1.82) is 5.26 Å². The van der Waals surface area contributed by atoms with Crippen LogP contribution in [0.5, 0.6) is 0 Å². The lowest BCUT2D eigenvalue weighted by Gasteiger charge is -1.98. The highest BCUT2D eigenvalue weighted by Gasteiger charge is 2.45. The molecule has 0 bridgehead atoms. The second-order valence-electron chi connectivity index (χ2n) is 0.895. The van der Waals surface area contributed by atoms with Gasteiger partial charge in [0.25, 0.3) is 0 Å². The molecule has 0 unspecified atom stereocenters. The second-order valence-corrected chi connectivity index (χ2v) is 1.76. The standard InChI is InChI=1S/C2HNO3P/c3-1-2-5-7(4)6-2/h2H/q+1. The van der Waals surface area contributed by atoms with E-state index >= 15 is 0 Å². The zero-order valence-electron chi connectivity index (χ0n) is 3.20. The molecule has 1 fully saturated rings. The first-order chi connectivity index (χ1) is 3.33. The van der Waals surface area contributed by atoms with Gasteiger partial charge in [-0.25, -0.2) is 0 Å². The molecule has 5 heteroatoms. The van der Waals surface area contributed by atoms with Crippen molar-refractivity contribution < 1.29 is 13.6 Å². The number of nitriles is 1. The van der Waals surface area contributed by atoms with Crippen molar-refractivity contribution in [3.63, 3.8) is 0 Å². The van der Waals surface area contributed by atoms with Gasteiger partial charge in [-0.2, -0.15) is 5.26 Å². The Hall–Kier alpha value is -0.490. The predicted molar refractivity (Wildman–Crippen MR) is 19.2 cm³/mol. The lowest BCUT2D eigenvalue weighted by Crippen LogP contribution is -2.16. The van der Waals surface area contributed by atoms with Crippen LogP contribution < -0.4 is 0 Å². The summed E-state index contributed by atoms with van der Waals surface area (Å²) >= 11 is 0. The van der Waals surface area contributed by atoms with Crippen LogP contribution in [0.1, 0.15) is 0 Å². The molecule has 0 aromatic rings. The van der Waals surface area contributed by atoms with Crippen LogP contribution in [0.3, 0.4) is 0 Å². The van der Waals surface area contributed by atoms with Crippen molar-refractivity contribution in [1.82, 2.24) is 0 Å². The molecular formula is C2HNO3P+. The van der Waals surface area contributed by atoms with Crippen LogP contribution in [-0.2, 0) is 13.6 Å². The Morgan fingerprint density at radius 1 is 1.71 bits per heavy atom. The van der Waals surface area contributed by atoms with Crippen LogP contribution in [0, 0.1) is 11.3 Å². The van der Waals surface area contributed by atoms with Gasteiger partial charge < -0.3 is 0 Å². The van der Waals surface area contributed by atoms with Crippen molar-refractivity contribution in [2.24, 2.45) is 0 Å². The Balaban J connectivity index is 2.34. The molecule has 0 aromatic carbocycles. The van der Waals surface area contributed by atoms with Crippen LogP contribution in [-0.4, -0.2) is 6.29 Å². The highest BCUT2D eigenvalue weighted by atomic mass is 31.1. The van der Waals surface area contributed by atoms with E-state index in [2.05, 4.69) is 9.05 Å². The number of hydrogen-bond donors (Lipinski definition) is 0. The lowest BCUT2D eigenvalue weighted by atomic mass is 10.8. The highest BCUT2D eigenvalue weighted by molar-refractivity contribution is 7.34. The van der Waals surface area contributed by atoms with Crippen LogP contribution in [0.15, 0.2) is 0 Å². The quantitative estimate of drug-likeness (QED) is 0.435. The lowest BCUT2D eigenvalue weighted by molar-refractivity contribution is -0.0336. The maximum atomic E-state index is 9.82. The third-order valence-electron chi connectivity index (χ3n) is 0.469. The van der Waals surface area contributed by atoms with Gasteiger partial charge in [0.15, 0.2) is 0 Å². The maximum absolute atomic E-state index is 9.82. The predicted octanol–water partition coefficient (Wildman–Crippen LogP) is 0.540. The molecule has 36 valence electrons. The van der Waals surface area contributed by atoms with E-state index in [1.807, 2.05) is 0 Å². The van der Waals surface area contributed by atoms with Gasteiger partial charge in [-0.05, 0) is 0 Å². The Morgan fingerprint density at radius 2 is 2.29 bits per heavy atom. The summed E-state index contributed by atoms with van der Waals surface area (Å²) in [5.41, 5.74) is 0. The number of nitrogens with zero attached hydrogens (tertiary/aromatic N) is 1. The van der Waals surface area contributed by atoms with E-state index in [0.29, 0.717) is 0 Å². The number of hydrogen-bond acceptors (Lipinski definition) is 4. The van der Waals surface area contributed by atoms with Crippen molar-refractivity contribution in [3.05, 3.63) is 0 Å². The molecular weight excluding hydrogens is 117 g/mol. The number of rotatable bonds is 0. The van der Waals surface area contributed by atoms with Gasteiger partial charge in [-0.15, -0.1) is 0 Å². The van der Waals surface area contributed by atoms with Gasteiger partial charge in [-0.1, -0.05) is 9.05 Å². The van der Waals surface area contributed by atoms with Crippen LogP contribution in [0.4, 0.5) is 0 Å². The average molecular weight is 118 g/mol. The second kappa shape index (κ2) is 1.55. The molecule has 0 spiro atoms. The summed E-state index contributed by atoms with van der Waals surface area (Å²) in [4.78, 5) is 0. The first-order valence-corrected chi connectivity index (χ1v) is 2.63. The van der Waals surface area contributed by atoms with Crippen molar-refractivity contribution in [2.45, 2.75) is 6.29 Å². The minimum Gasteiger partial charge on any atom is -0.192 e. The molecule has 0 saturated carbocycles. The van der Waals surface area contributed by atoms with Crippen LogP contribution in [0.2, 0.25) is 0 Å². The van der Waals surface area contributed by atoms with Gasteiger partial charge in [-0.3, -0.25) is 0 Å². The van der Waals surface area contributed by atoms with Gasteiger partial charge in [0.1, 0.15) is 6.07 Å². The Bertz CT molecular complexity index is 130. The molecule has 1 saturated heterocycles. The Morgan fingerprint density at radius 3 is 2.43 bits per heavy atom. The molecule has 1 aliphatic heterocycles. The van der Waals surface area contributed by atoms with E-state index in [0.717, 1.165) is 0 Å². The molecule has 1 aliphatic rings. The molecule has 1 rings (SSSR count). The van der Waals surface area contributed by atoms with Gasteiger partial charge in [0.05, 0.1) is 0 Å². The zero-order chi connectivity index (χ0) is 5.28. The minimum atomic E-state index is -1.94. The summed E-state index contributed by atoms with van der Waals surface area (Å²) in [6.07, 6.45) is -0.886. The SMILES string of the molecule is N#CC1O[P+](=O)O1. The highest BCUT2D eigenvalue weighted by Crippen LogP contribution is 2.38. The first kappa shape index (κ1) is 4.66. The van der Waals surface area contributed by atoms with Gasteiger partial charge in [0, 0.05) is 4.57 Å². The largest absolute Gasteiger partial charge is 0.705 e. The molecule has 7 heavy (non-hydrogen) atoms. The summed E-state index contributed by atoms with van der Waals surface area (Å²) in [6.45, 7) is 0. The summed E-state index contributed by atoms with van der Waals surface area (Å²) in [5.74, 6) is 0. The van der Waals surface area contributed by atoms with Gasteiger partial charge in [0.2, 0.25) is 0 Å². The van der Waals surface area contributed by atoms with Crippen LogP contribution >= 0.6 is 8.25 Å². The van der Waals surface area contributed by atoms with Crippen molar-refractivity contribution >= 4 is 8.25 Å². The van der Waals surface area contributed by atoms with Crippen LogP contribution in [0.25, 0.3) is 0 Å². The molecule has 1 heterocycles. The fraction of sp³-hybridized carbons (Fsp3) is 0.500. The van der Waals surface area contributed by atoms with E-state index in [1.54, 1.807) is 6.07 Å². The van der Waals surface area contributed by atoms with Gasteiger partial charge >= 0.3 is 14.5 Å². The monoisotopic (exact) mass is 118 g/mol. The fourth-order valence-electron chi connectivity index (χ4n) is 0.211. The van der Waals surface area contributed by atoms with E-state index in [-0.39, 0.29) is 0 Å². The summed E-state index contributed by atoms with van der Waals surface area (Å²) < 4.78 is 18.2. The molecule has 0 amide bonds. The van der Waals surface area contributed by atoms with Crippen molar-refractivity contribution in [2.75, 3.05) is 0 Å². The maximum Gasteiger partial charge on any atom is 0.705 e. The Labute approximate surface area is 40.6 Å². The smallest absolute Gasteiger partial charge is 0.192 e. The van der Waals surface area contributed by atoms with E-state index in [1.165, 1.54) is 0 Å². The first-order valence-electron chi connectivity index (χ1n) is 1.53. The topological polar surface area (TPSA) is 59.3 Å². The fourth-order valence-corrected chi connectivity index (χ4v) is 0.634. The molecule has 0 atom stereocenters. The molecule has 0 N–H and O–H groups in total. The average Bonchev–Trinajstić information content (AvgIpc) is 1.58. The third-order valence-corrected chi connectivity index (χ3v) is 1.20. The minimum absolute atomic E-state index is 0.886. The van der Waals surface area contributed by atoms with E-state index in [9.17, 15) is 4.57 Å². The molecule has 0 aromatic heterocycles. The van der Waals surface area contributed by atoms with E-state index < -0.39 is 14.5 Å². The molecule has 0 aliphatic carbocycles. The molecule has 4 nitrogen and oxygen atoms in total. The summed E-state index contributed by atoms with van der Waals surface area (Å²) in [6, 6.07) is 1.60. The summed E-state index contributed by atoms with van der Waals surface area (Å²) in [7, 11) is -1.94. The third kappa shape index (κ3) is 0.751. The normalized spacial score (nSPS) is 33.6. The molecule has 0 radical (unpaired) electrons. The summed E-state index contributed by atoms with van der Waals surface area (Å²) in [5, 5.41) is 7.88. The Kier molecular flexibility index (Phi) is 1.03. The zero-order valence-corrected chi connectivity index (χ0v) is 4.09.